The number of aliphatic hydroxyl groups is 1. The fraction of sp³-hybridized carbons (Fsp3) is 0.538. The van der Waals surface area contributed by atoms with Crippen LogP contribution in [0.15, 0.2) is 22.7 Å². The first kappa shape index (κ1) is 13.0. The van der Waals surface area contributed by atoms with E-state index in [1.54, 1.807) is 12.1 Å². The van der Waals surface area contributed by atoms with E-state index in [4.69, 9.17) is 5.11 Å². The van der Waals surface area contributed by atoms with Crippen LogP contribution in [0.5, 0.6) is 0 Å². The Labute approximate surface area is 110 Å². The number of rotatable bonds is 5. The van der Waals surface area contributed by atoms with E-state index in [-0.39, 0.29) is 12.4 Å². The van der Waals surface area contributed by atoms with Crippen molar-refractivity contribution in [3.8, 4) is 0 Å². The molecule has 1 aliphatic carbocycles. The zero-order chi connectivity index (χ0) is 12.3. The average molecular weight is 302 g/mol. The molecule has 0 unspecified atom stereocenters. The van der Waals surface area contributed by atoms with Crippen LogP contribution >= 0.6 is 15.9 Å². The normalized spacial score (nSPS) is 16.2. The summed E-state index contributed by atoms with van der Waals surface area (Å²) in [4.78, 5) is 2.24. The number of benzene rings is 1. The minimum absolute atomic E-state index is 0.156. The standard InChI is InChI=1S/C13H17BrFNO/c14-13-5-4-11(15)8-10(13)9-16(6-7-17)12-2-1-3-12/h4-5,8,12,17H,1-3,6-7,9H2. The van der Waals surface area contributed by atoms with Gasteiger partial charge in [-0.15, -0.1) is 0 Å². The molecule has 1 aliphatic rings. The highest BCUT2D eigenvalue weighted by Gasteiger charge is 2.24. The largest absolute Gasteiger partial charge is 0.395 e. The van der Waals surface area contributed by atoms with Crippen LogP contribution in [0.2, 0.25) is 0 Å². The SMILES string of the molecule is OCCN(Cc1cc(F)ccc1Br)C1CCC1. The Balaban J connectivity index is 2.07. The number of hydrogen-bond acceptors (Lipinski definition) is 2. The summed E-state index contributed by atoms with van der Waals surface area (Å²) in [6.07, 6.45) is 3.64. The molecule has 0 heterocycles. The molecule has 1 aromatic rings. The first-order valence-corrected chi connectivity index (χ1v) is 6.79. The number of halogens is 2. The Kier molecular flexibility index (Phi) is 4.54. The number of aliphatic hydroxyl groups excluding tert-OH is 1. The molecular weight excluding hydrogens is 285 g/mol. The van der Waals surface area contributed by atoms with E-state index in [2.05, 4.69) is 20.8 Å². The number of nitrogens with zero attached hydrogens (tertiary/aromatic N) is 1. The molecule has 0 spiro atoms. The van der Waals surface area contributed by atoms with Gasteiger partial charge >= 0.3 is 0 Å². The molecule has 4 heteroatoms. The molecule has 0 aromatic heterocycles. The molecule has 2 rings (SSSR count). The van der Waals surface area contributed by atoms with E-state index in [1.807, 2.05) is 0 Å². The van der Waals surface area contributed by atoms with Gasteiger partial charge in [-0.25, -0.2) is 4.39 Å². The molecule has 2 nitrogen and oxygen atoms in total. The Morgan fingerprint density at radius 3 is 2.76 bits per heavy atom. The molecule has 1 N–H and O–H groups in total. The van der Waals surface area contributed by atoms with Gasteiger partial charge in [0, 0.05) is 23.6 Å². The molecule has 94 valence electrons. The van der Waals surface area contributed by atoms with E-state index >= 15 is 0 Å². The fourth-order valence-electron chi connectivity index (χ4n) is 2.15. The maximum atomic E-state index is 13.2. The predicted octanol–water partition coefficient (Wildman–Crippen LogP) is 2.94. The first-order chi connectivity index (χ1) is 8.20. The van der Waals surface area contributed by atoms with Crippen molar-refractivity contribution in [2.45, 2.75) is 31.8 Å². The van der Waals surface area contributed by atoms with Crippen LogP contribution in [-0.2, 0) is 6.54 Å². The molecule has 17 heavy (non-hydrogen) atoms. The summed E-state index contributed by atoms with van der Waals surface area (Å²) in [6, 6.07) is 5.31. The maximum Gasteiger partial charge on any atom is 0.123 e. The van der Waals surface area contributed by atoms with Gasteiger partial charge in [-0.2, -0.15) is 0 Å². The van der Waals surface area contributed by atoms with Crippen molar-refractivity contribution in [3.63, 3.8) is 0 Å². The summed E-state index contributed by atoms with van der Waals surface area (Å²) < 4.78 is 14.1. The van der Waals surface area contributed by atoms with Crippen molar-refractivity contribution in [2.75, 3.05) is 13.2 Å². The fourth-order valence-corrected chi connectivity index (χ4v) is 2.53. The van der Waals surface area contributed by atoms with Gasteiger partial charge in [-0.05, 0) is 36.6 Å². The predicted molar refractivity (Wildman–Crippen MR) is 69.2 cm³/mol. The second-order valence-electron chi connectivity index (χ2n) is 4.51. The van der Waals surface area contributed by atoms with Crippen LogP contribution in [-0.4, -0.2) is 29.2 Å². The van der Waals surface area contributed by atoms with Gasteiger partial charge < -0.3 is 5.11 Å². The van der Waals surface area contributed by atoms with Crippen LogP contribution < -0.4 is 0 Å². The molecule has 0 atom stereocenters. The minimum Gasteiger partial charge on any atom is -0.395 e. The zero-order valence-corrected chi connectivity index (χ0v) is 11.3. The van der Waals surface area contributed by atoms with Crippen LogP contribution in [0.25, 0.3) is 0 Å². The lowest BCUT2D eigenvalue weighted by Crippen LogP contribution is -2.41. The molecule has 0 radical (unpaired) electrons. The summed E-state index contributed by atoms with van der Waals surface area (Å²) in [5.41, 5.74) is 0.949. The van der Waals surface area contributed by atoms with Gasteiger partial charge in [0.2, 0.25) is 0 Å². The summed E-state index contributed by atoms with van der Waals surface area (Å²) in [6.45, 7) is 1.51. The first-order valence-electron chi connectivity index (χ1n) is 5.99. The van der Waals surface area contributed by atoms with Crippen LogP contribution in [0.4, 0.5) is 4.39 Å². The van der Waals surface area contributed by atoms with Gasteiger partial charge in [0.25, 0.3) is 0 Å². The van der Waals surface area contributed by atoms with Crippen LogP contribution in [0.3, 0.4) is 0 Å². The van der Waals surface area contributed by atoms with Gasteiger partial charge in [0.1, 0.15) is 5.82 Å². The summed E-state index contributed by atoms with van der Waals surface area (Å²) >= 11 is 3.44. The minimum atomic E-state index is -0.208. The third-order valence-electron chi connectivity index (χ3n) is 3.36. The smallest absolute Gasteiger partial charge is 0.123 e. The second-order valence-corrected chi connectivity index (χ2v) is 5.37. The van der Waals surface area contributed by atoms with Gasteiger partial charge in [-0.1, -0.05) is 22.4 Å². The van der Waals surface area contributed by atoms with Crippen molar-refractivity contribution < 1.29 is 9.50 Å². The highest BCUT2D eigenvalue weighted by atomic mass is 79.9. The third-order valence-corrected chi connectivity index (χ3v) is 4.13. The van der Waals surface area contributed by atoms with Crippen molar-refractivity contribution >= 4 is 15.9 Å². The molecule has 1 saturated carbocycles. The Morgan fingerprint density at radius 2 is 2.18 bits per heavy atom. The molecule has 0 aliphatic heterocycles. The van der Waals surface area contributed by atoms with Gasteiger partial charge in [0.15, 0.2) is 0 Å². The molecule has 0 bridgehead atoms. The lowest BCUT2D eigenvalue weighted by molar-refractivity contribution is 0.0943. The lowest BCUT2D eigenvalue weighted by atomic mass is 9.91. The van der Waals surface area contributed by atoms with E-state index in [0.29, 0.717) is 19.1 Å². The Morgan fingerprint density at radius 1 is 1.41 bits per heavy atom. The zero-order valence-electron chi connectivity index (χ0n) is 9.70. The van der Waals surface area contributed by atoms with Crippen LogP contribution in [0.1, 0.15) is 24.8 Å². The van der Waals surface area contributed by atoms with Gasteiger partial charge in [0.05, 0.1) is 6.61 Å². The third kappa shape index (κ3) is 3.27. The quantitative estimate of drug-likeness (QED) is 0.904. The number of hydrogen-bond donors (Lipinski definition) is 1. The molecule has 0 amide bonds. The average Bonchev–Trinajstić information content (AvgIpc) is 2.21. The highest BCUT2D eigenvalue weighted by molar-refractivity contribution is 9.10. The van der Waals surface area contributed by atoms with Crippen molar-refractivity contribution in [1.82, 2.24) is 4.90 Å². The summed E-state index contributed by atoms with van der Waals surface area (Å²) in [5.74, 6) is -0.208. The van der Waals surface area contributed by atoms with E-state index in [1.165, 1.54) is 25.3 Å². The van der Waals surface area contributed by atoms with E-state index < -0.39 is 0 Å². The van der Waals surface area contributed by atoms with Crippen molar-refractivity contribution in [2.24, 2.45) is 0 Å². The van der Waals surface area contributed by atoms with E-state index in [0.717, 1.165) is 10.0 Å². The lowest BCUT2D eigenvalue weighted by Gasteiger charge is -2.37. The maximum absolute atomic E-state index is 13.2. The van der Waals surface area contributed by atoms with Crippen molar-refractivity contribution in [1.29, 1.82) is 0 Å². The Bertz CT molecular complexity index is 382. The molecule has 1 fully saturated rings. The summed E-state index contributed by atoms with van der Waals surface area (Å²) in [5, 5.41) is 9.08. The van der Waals surface area contributed by atoms with Gasteiger partial charge in [-0.3, -0.25) is 4.90 Å². The topological polar surface area (TPSA) is 23.5 Å². The molecule has 0 saturated heterocycles. The molecule has 1 aromatic carbocycles. The second kappa shape index (κ2) is 5.94. The van der Waals surface area contributed by atoms with Crippen LogP contribution in [0, 0.1) is 5.82 Å². The highest BCUT2D eigenvalue weighted by Crippen LogP contribution is 2.28. The van der Waals surface area contributed by atoms with Crippen molar-refractivity contribution in [3.05, 3.63) is 34.1 Å². The Hall–Kier alpha value is -0.450. The van der Waals surface area contributed by atoms with E-state index in [9.17, 15) is 4.39 Å². The summed E-state index contributed by atoms with van der Waals surface area (Å²) in [7, 11) is 0. The monoisotopic (exact) mass is 301 g/mol. The molecular formula is C13H17BrFNO.